The predicted octanol–water partition coefficient (Wildman–Crippen LogP) is 8.02. The van der Waals surface area contributed by atoms with E-state index in [9.17, 15) is 0 Å². The second kappa shape index (κ2) is 4.92. The van der Waals surface area contributed by atoms with Crippen LogP contribution in [0.4, 0.5) is 0 Å². The normalized spacial score (nSPS) is 12.7. The van der Waals surface area contributed by atoms with Gasteiger partial charge in [0.15, 0.2) is 0 Å². The van der Waals surface area contributed by atoms with Gasteiger partial charge in [-0.3, -0.25) is 0 Å². The lowest BCUT2D eigenvalue weighted by atomic mass is 9.91. The first-order valence-electron chi connectivity index (χ1n) is 10.3. The lowest BCUT2D eigenvalue weighted by Gasteiger charge is -2.12. The second-order valence-electron chi connectivity index (χ2n) is 8.24. The van der Waals surface area contributed by atoms with Gasteiger partial charge in [0.2, 0.25) is 0 Å². The second-order valence-corrected chi connectivity index (χ2v) is 8.24. The van der Waals surface area contributed by atoms with Crippen molar-refractivity contribution >= 4 is 54.5 Å². The van der Waals surface area contributed by atoms with Crippen molar-refractivity contribution in [3.63, 3.8) is 0 Å². The fourth-order valence-electron chi connectivity index (χ4n) is 5.48. The van der Waals surface area contributed by atoms with Gasteiger partial charge in [0.1, 0.15) is 11.2 Å². The molecule has 0 bridgehead atoms. The molecule has 2 aromatic heterocycles. The number of benzene rings is 5. The number of aromatic amines is 1. The molecule has 0 radical (unpaired) electrons. The minimum Gasteiger partial charge on any atom is -0.456 e. The maximum absolute atomic E-state index is 6.29. The van der Waals surface area contributed by atoms with Gasteiger partial charge in [0.05, 0.1) is 0 Å². The van der Waals surface area contributed by atoms with E-state index < -0.39 is 0 Å². The first kappa shape index (κ1) is 14.9. The average molecular weight is 381 g/mol. The van der Waals surface area contributed by atoms with Crippen LogP contribution in [0.2, 0.25) is 0 Å². The minimum absolute atomic E-state index is 0.954. The van der Waals surface area contributed by atoms with Crippen LogP contribution < -0.4 is 0 Å². The van der Waals surface area contributed by atoms with E-state index in [4.69, 9.17) is 4.42 Å². The highest BCUT2D eigenvalue weighted by Crippen LogP contribution is 2.50. The molecule has 0 unspecified atom stereocenters. The average Bonchev–Trinajstić information content (AvgIpc) is 3.32. The lowest BCUT2D eigenvalue weighted by molar-refractivity contribution is 0.669. The zero-order valence-corrected chi connectivity index (χ0v) is 16.0. The van der Waals surface area contributed by atoms with Gasteiger partial charge in [-0.25, -0.2) is 0 Å². The number of rotatable bonds is 1. The molecular weight excluding hydrogens is 366 g/mol. The van der Waals surface area contributed by atoms with Crippen molar-refractivity contribution in [2.75, 3.05) is 0 Å². The van der Waals surface area contributed by atoms with Crippen molar-refractivity contribution in [3.8, 4) is 22.3 Å². The summed E-state index contributed by atoms with van der Waals surface area (Å²) in [7, 11) is 0. The topological polar surface area (TPSA) is 28.9 Å². The molecule has 7 aromatic rings. The van der Waals surface area contributed by atoms with Crippen molar-refractivity contribution in [1.82, 2.24) is 4.98 Å². The number of furan rings is 1. The molecule has 8 rings (SSSR count). The zero-order valence-electron chi connectivity index (χ0n) is 16.0. The van der Waals surface area contributed by atoms with E-state index in [2.05, 4.69) is 89.9 Å². The summed E-state index contributed by atoms with van der Waals surface area (Å²) in [5, 5.41) is 7.65. The van der Waals surface area contributed by atoms with Crippen LogP contribution in [-0.2, 0) is 0 Å². The summed E-state index contributed by atoms with van der Waals surface area (Å²) < 4.78 is 6.29. The predicted molar refractivity (Wildman–Crippen MR) is 125 cm³/mol. The molecule has 0 saturated carbocycles. The van der Waals surface area contributed by atoms with Gasteiger partial charge in [-0.15, -0.1) is 0 Å². The molecule has 0 fully saturated rings. The van der Waals surface area contributed by atoms with E-state index in [0.29, 0.717) is 0 Å². The quantitative estimate of drug-likeness (QED) is 0.306. The Morgan fingerprint density at radius 1 is 0.500 bits per heavy atom. The number of fused-ring (bicyclic) bond motifs is 1. The summed E-state index contributed by atoms with van der Waals surface area (Å²) in [6, 6.07) is 30.5. The van der Waals surface area contributed by atoms with Crippen LogP contribution in [-0.4, -0.2) is 4.98 Å². The number of hydrogen-bond acceptors (Lipinski definition) is 1. The largest absolute Gasteiger partial charge is 0.456 e. The summed E-state index contributed by atoms with van der Waals surface area (Å²) in [6.45, 7) is 0. The third-order valence-electron chi connectivity index (χ3n) is 6.70. The SMILES string of the molecule is c1ccc(-c2cc3c4c(ccc5[nH]c6ccc7oc8cccc-3c8c7c6c54)c2)cc1. The monoisotopic (exact) mass is 381 g/mol. The molecule has 0 saturated heterocycles. The standard InChI is InChI=1S/C28H15NO/c1-2-5-15(6-3-1)17-13-16-9-10-20-26-24(16)19(14-17)18-7-4-8-22-25(18)28-23(30-22)12-11-21(29-20)27(26)28/h1-14,29H. The Morgan fingerprint density at radius 2 is 1.30 bits per heavy atom. The van der Waals surface area contributed by atoms with Gasteiger partial charge in [0.25, 0.3) is 0 Å². The van der Waals surface area contributed by atoms with E-state index in [1.165, 1.54) is 65.6 Å². The van der Waals surface area contributed by atoms with Crippen LogP contribution in [0.3, 0.4) is 0 Å². The molecular formula is C28H15NO. The highest BCUT2D eigenvalue weighted by molar-refractivity contribution is 6.37. The molecule has 2 heterocycles. The van der Waals surface area contributed by atoms with Crippen molar-refractivity contribution < 1.29 is 4.42 Å². The van der Waals surface area contributed by atoms with E-state index >= 15 is 0 Å². The van der Waals surface area contributed by atoms with Gasteiger partial charge >= 0.3 is 0 Å². The van der Waals surface area contributed by atoms with E-state index in [1.54, 1.807) is 0 Å². The molecule has 138 valence electrons. The zero-order chi connectivity index (χ0) is 19.4. The van der Waals surface area contributed by atoms with Crippen molar-refractivity contribution in [1.29, 1.82) is 0 Å². The third kappa shape index (κ3) is 1.63. The Morgan fingerprint density at radius 3 is 2.20 bits per heavy atom. The highest BCUT2D eigenvalue weighted by Gasteiger charge is 2.24. The van der Waals surface area contributed by atoms with Crippen LogP contribution >= 0.6 is 0 Å². The third-order valence-corrected chi connectivity index (χ3v) is 6.70. The van der Waals surface area contributed by atoms with E-state index in [0.717, 1.165) is 11.2 Å². The lowest BCUT2D eigenvalue weighted by Crippen LogP contribution is -1.86. The first-order valence-corrected chi connectivity index (χ1v) is 10.3. The molecule has 0 amide bonds. The Hall–Kier alpha value is -4.04. The smallest absolute Gasteiger partial charge is 0.136 e. The van der Waals surface area contributed by atoms with Crippen molar-refractivity contribution in [2.24, 2.45) is 0 Å². The highest BCUT2D eigenvalue weighted by atomic mass is 16.3. The summed E-state index contributed by atoms with van der Waals surface area (Å²) >= 11 is 0. The molecule has 0 aliphatic heterocycles. The fourth-order valence-corrected chi connectivity index (χ4v) is 5.48. The molecule has 0 atom stereocenters. The maximum atomic E-state index is 6.29. The van der Waals surface area contributed by atoms with Gasteiger partial charge < -0.3 is 9.40 Å². The van der Waals surface area contributed by atoms with Crippen LogP contribution in [0.1, 0.15) is 0 Å². The summed E-state index contributed by atoms with van der Waals surface area (Å²) in [6.07, 6.45) is 0. The van der Waals surface area contributed by atoms with Crippen LogP contribution in [0.15, 0.2) is 89.3 Å². The number of H-pyrrole nitrogens is 1. The number of aromatic nitrogens is 1. The van der Waals surface area contributed by atoms with E-state index in [-0.39, 0.29) is 0 Å². The van der Waals surface area contributed by atoms with Gasteiger partial charge in [-0.1, -0.05) is 48.5 Å². The van der Waals surface area contributed by atoms with Gasteiger partial charge in [-0.05, 0) is 69.4 Å². The minimum atomic E-state index is 0.954. The molecule has 2 nitrogen and oxygen atoms in total. The van der Waals surface area contributed by atoms with Crippen molar-refractivity contribution in [2.45, 2.75) is 0 Å². The Balaban J connectivity index is 1.72. The van der Waals surface area contributed by atoms with Gasteiger partial charge in [-0.2, -0.15) is 0 Å². The molecule has 1 aliphatic rings. The Kier molecular flexibility index (Phi) is 2.44. The molecule has 30 heavy (non-hydrogen) atoms. The molecule has 1 N–H and O–H groups in total. The van der Waals surface area contributed by atoms with E-state index in [1.807, 2.05) is 0 Å². The first-order chi connectivity index (χ1) is 14.9. The fraction of sp³-hybridized carbons (Fsp3) is 0. The molecule has 2 heteroatoms. The van der Waals surface area contributed by atoms with Crippen LogP contribution in [0, 0.1) is 0 Å². The Labute approximate surface area is 171 Å². The summed E-state index contributed by atoms with van der Waals surface area (Å²) in [5.74, 6) is 0. The van der Waals surface area contributed by atoms with Crippen LogP contribution in [0.5, 0.6) is 0 Å². The summed E-state index contributed by atoms with van der Waals surface area (Å²) in [5.41, 5.74) is 9.28. The van der Waals surface area contributed by atoms with Crippen LogP contribution in [0.25, 0.3) is 76.8 Å². The molecule has 1 aliphatic carbocycles. The Bertz CT molecular complexity index is 1830. The number of hydrogen-bond donors (Lipinski definition) is 1. The van der Waals surface area contributed by atoms with Gasteiger partial charge in [0, 0.05) is 32.6 Å². The molecule has 5 aromatic carbocycles. The maximum Gasteiger partial charge on any atom is 0.136 e. The summed E-state index contributed by atoms with van der Waals surface area (Å²) in [4.78, 5) is 3.64. The van der Waals surface area contributed by atoms with Crippen molar-refractivity contribution in [3.05, 3.63) is 84.9 Å². The number of nitrogens with one attached hydrogen (secondary N) is 1. The molecule has 0 spiro atoms.